The number of halogens is 3. The van der Waals surface area contributed by atoms with Crippen LogP contribution in [-0.2, 0) is 13.0 Å². The molecule has 1 rings (SSSR count). The van der Waals surface area contributed by atoms with E-state index in [9.17, 15) is 0 Å². The van der Waals surface area contributed by atoms with Crippen molar-refractivity contribution in [1.29, 1.82) is 0 Å². The first-order valence-electron chi connectivity index (χ1n) is 4.45. The molecule has 0 amide bonds. The van der Waals surface area contributed by atoms with Crippen LogP contribution in [0.2, 0.25) is 0 Å². The summed E-state index contributed by atoms with van der Waals surface area (Å²) in [5, 5.41) is 11.8. The van der Waals surface area contributed by atoms with Crippen LogP contribution in [0.5, 0.6) is 0 Å². The van der Waals surface area contributed by atoms with Crippen molar-refractivity contribution in [3.05, 3.63) is 11.0 Å². The summed E-state index contributed by atoms with van der Waals surface area (Å²) < 4.78 is 4.40. The monoisotopic (exact) mass is 544 g/mol. The molecule has 0 saturated carbocycles. The molecule has 0 radical (unpaired) electrons. The molecule has 0 bridgehead atoms. The van der Waals surface area contributed by atoms with E-state index < -0.39 is 0 Å². The molecule has 4 nitrogen and oxygen atoms in total. The van der Waals surface area contributed by atoms with Gasteiger partial charge in [0.25, 0.3) is 0 Å². The molecule has 15 heavy (non-hydrogen) atoms. The molecule has 84 valence electrons. The first kappa shape index (κ1) is 14.1. The third-order valence-electron chi connectivity index (χ3n) is 1.69. The van der Waals surface area contributed by atoms with E-state index in [1.165, 1.54) is 5.17 Å². The second kappa shape index (κ2) is 6.67. The molecule has 0 unspecified atom stereocenters. The van der Waals surface area contributed by atoms with Crippen molar-refractivity contribution in [2.45, 2.75) is 26.8 Å². The summed E-state index contributed by atoms with van der Waals surface area (Å²) in [5.41, 5.74) is 0. The Balaban J connectivity index is 2.78. The molecule has 0 saturated heterocycles. The van der Waals surface area contributed by atoms with Crippen molar-refractivity contribution in [3.63, 3.8) is 0 Å². The van der Waals surface area contributed by atoms with Crippen LogP contribution < -0.4 is 0 Å². The number of hydrogen-bond acceptors (Lipinski definition) is 3. The number of rotatable bonds is 4. The van der Waals surface area contributed by atoms with Gasteiger partial charge in [0.05, 0.1) is 8.13 Å². The first-order chi connectivity index (χ1) is 7.00. The zero-order valence-corrected chi connectivity index (χ0v) is 14.9. The summed E-state index contributed by atoms with van der Waals surface area (Å²) in [4.78, 5) is 0. The molecule has 0 atom stereocenters. The second-order valence-corrected chi connectivity index (χ2v) is 9.04. The molecule has 0 fully saturated rings. The van der Waals surface area contributed by atoms with Gasteiger partial charge >= 0.3 is 0 Å². The van der Waals surface area contributed by atoms with E-state index in [0.717, 1.165) is 18.8 Å². The zero-order valence-electron chi connectivity index (χ0n) is 8.41. The average molecular weight is 544 g/mol. The molecule has 0 aliphatic carbocycles. The van der Waals surface area contributed by atoms with Crippen LogP contribution in [0.3, 0.4) is 0 Å². The van der Waals surface area contributed by atoms with Gasteiger partial charge in [-0.3, -0.25) is 0 Å². The van der Waals surface area contributed by atoms with Gasteiger partial charge in [0.15, 0.2) is 5.82 Å². The summed E-state index contributed by atoms with van der Waals surface area (Å²) in [6, 6.07) is 0. The van der Waals surface area contributed by atoms with Crippen molar-refractivity contribution in [2.75, 3.05) is 0 Å². The van der Waals surface area contributed by atoms with Gasteiger partial charge in [-0.25, -0.2) is 4.68 Å². The number of aromatic nitrogens is 4. The largest absolute Gasteiger partial charge is 0.225 e. The van der Waals surface area contributed by atoms with Gasteiger partial charge in [-0.05, 0) is 84.1 Å². The summed E-state index contributed by atoms with van der Waals surface area (Å²) >= 11 is 6.95. The third-order valence-corrected chi connectivity index (χ3v) is 5.94. The van der Waals surface area contributed by atoms with Crippen molar-refractivity contribution >= 4 is 67.8 Å². The minimum absolute atomic E-state index is 0.579. The summed E-state index contributed by atoms with van der Waals surface area (Å²) in [6.07, 6.45) is 0.925. The number of tetrazole rings is 1. The molecule has 1 heterocycles. The normalized spacial score (nSPS) is 10.8. The fraction of sp³-hybridized carbons (Fsp3) is 0.625. The Morgan fingerprint density at radius 2 is 2.00 bits per heavy atom. The van der Waals surface area contributed by atoms with Crippen LogP contribution in [0.15, 0.2) is 5.17 Å². The van der Waals surface area contributed by atoms with Gasteiger partial charge in [0.1, 0.15) is 0 Å². The predicted molar refractivity (Wildman–Crippen MR) is 85.4 cm³/mol. The van der Waals surface area contributed by atoms with Gasteiger partial charge in [-0.15, -0.1) is 5.10 Å². The highest BCUT2D eigenvalue weighted by atomic mass is 127. The molecule has 7 heteroatoms. The second-order valence-electron chi connectivity index (χ2n) is 3.52. The van der Waals surface area contributed by atoms with Crippen LogP contribution in [0, 0.1) is 5.92 Å². The lowest BCUT2D eigenvalue weighted by atomic mass is 10.1. The number of hydrogen-bond donors (Lipinski definition) is 0. The predicted octanol–water partition coefficient (Wildman–Crippen LogP) is 3.35. The Morgan fingerprint density at radius 1 is 1.33 bits per heavy atom. The average Bonchev–Trinajstić information content (AvgIpc) is 2.51. The van der Waals surface area contributed by atoms with Crippen LogP contribution in [0.1, 0.15) is 19.7 Å². The maximum Gasteiger partial charge on any atom is 0.151 e. The quantitative estimate of drug-likeness (QED) is 0.547. The maximum absolute atomic E-state index is 4.04. The van der Waals surface area contributed by atoms with E-state index in [0.29, 0.717) is 5.92 Å². The van der Waals surface area contributed by atoms with Crippen molar-refractivity contribution < 1.29 is 0 Å². The molecule has 1 aromatic rings. The smallest absolute Gasteiger partial charge is 0.151 e. The summed E-state index contributed by atoms with van der Waals surface area (Å²) in [6.45, 7) is 5.11. The lowest BCUT2D eigenvalue weighted by Gasteiger charge is -2.06. The topological polar surface area (TPSA) is 43.6 Å². The first-order valence-corrected chi connectivity index (χ1v) is 7.69. The Bertz CT molecular complexity index is 355. The Kier molecular flexibility index (Phi) is 6.25. The molecule has 1 aromatic heterocycles. The molecular weight excluding hydrogens is 533 g/mol. The molecule has 0 spiro atoms. The van der Waals surface area contributed by atoms with Crippen molar-refractivity contribution in [2.24, 2.45) is 5.92 Å². The lowest BCUT2D eigenvalue weighted by Crippen LogP contribution is -2.08. The van der Waals surface area contributed by atoms with E-state index in [2.05, 4.69) is 97.1 Å². The van der Waals surface area contributed by atoms with Crippen molar-refractivity contribution in [1.82, 2.24) is 20.2 Å². The molecule has 0 N–H and O–H groups in total. The summed E-state index contributed by atoms with van der Waals surface area (Å²) in [7, 11) is 0. The van der Waals surface area contributed by atoms with E-state index in [1.807, 2.05) is 4.68 Å². The molecule has 0 aliphatic heterocycles. The van der Waals surface area contributed by atoms with E-state index >= 15 is 0 Å². The molecule has 0 aromatic carbocycles. The summed E-state index contributed by atoms with van der Waals surface area (Å²) in [5.74, 6) is 1.54. The molecule has 0 aliphatic rings. The molecular formula is C8H11I3N4. The highest BCUT2D eigenvalue weighted by molar-refractivity contribution is 14.2. The minimum Gasteiger partial charge on any atom is -0.225 e. The zero-order chi connectivity index (χ0) is 11.4. The Labute approximate surface area is 130 Å². The van der Waals surface area contributed by atoms with Gasteiger partial charge in [-0.2, -0.15) is 0 Å². The third kappa shape index (κ3) is 4.79. The lowest BCUT2D eigenvalue weighted by molar-refractivity contribution is 0.564. The van der Waals surface area contributed by atoms with Crippen LogP contribution in [0.25, 0.3) is 0 Å². The van der Waals surface area contributed by atoms with Gasteiger partial charge in [-0.1, -0.05) is 13.8 Å². The van der Waals surface area contributed by atoms with Gasteiger partial charge < -0.3 is 0 Å². The van der Waals surface area contributed by atoms with E-state index in [4.69, 9.17) is 0 Å². The van der Waals surface area contributed by atoms with Crippen molar-refractivity contribution in [3.8, 4) is 0 Å². The Morgan fingerprint density at radius 3 is 2.53 bits per heavy atom. The van der Waals surface area contributed by atoms with E-state index in [-0.39, 0.29) is 0 Å². The SMILES string of the molecule is CC(C)Cc1nnnn1CC(I)=C(I)I. The minimum atomic E-state index is 0.579. The standard InChI is InChI=1S/C8H11I3N4/c1-5(2)3-7-12-13-14-15(7)4-6(9)8(10)11/h5H,3-4H2,1-2H3. The Hall–Kier alpha value is 1.000. The van der Waals surface area contributed by atoms with E-state index in [1.54, 1.807) is 0 Å². The maximum atomic E-state index is 4.04. The number of nitrogens with zero attached hydrogens (tertiary/aromatic N) is 4. The fourth-order valence-corrected chi connectivity index (χ4v) is 1.71. The fourth-order valence-electron chi connectivity index (χ4n) is 1.05. The highest BCUT2D eigenvalue weighted by Crippen LogP contribution is 2.26. The van der Waals surface area contributed by atoms with Gasteiger partial charge in [0, 0.05) is 10.0 Å². The van der Waals surface area contributed by atoms with Crippen LogP contribution >= 0.6 is 67.8 Å². The number of allylic oxidation sites excluding steroid dienone is 1. The van der Waals surface area contributed by atoms with Crippen LogP contribution in [-0.4, -0.2) is 20.2 Å². The highest BCUT2D eigenvalue weighted by Gasteiger charge is 2.09. The van der Waals surface area contributed by atoms with Crippen LogP contribution in [0.4, 0.5) is 0 Å². The van der Waals surface area contributed by atoms with Gasteiger partial charge in [0.2, 0.25) is 0 Å².